The highest BCUT2D eigenvalue weighted by molar-refractivity contribution is 6.02. The lowest BCUT2D eigenvalue weighted by Crippen LogP contribution is -2.14. The molecule has 6 heteroatoms. The van der Waals surface area contributed by atoms with Crippen molar-refractivity contribution in [2.24, 2.45) is 0 Å². The molecule has 0 aliphatic heterocycles. The minimum atomic E-state index is -0.317. The summed E-state index contributed by atoms with van der Waals surface area (Å²) >= 11 is 0. The topological polar surface area (TPSA) is 76.1 Å². The number of carbonyl (C=O) groups excluding carboxylic acids is 1. The number of aromatic nitrogens is 2. The van der Waals surface area contributed by atoms with E-state index in [1.165, 1.54) is 12.4 Å². The van der Waals surface area contributed by atoms with Crippen LogP contribution in [0, 0.1) is 0 Å². The SMILES string of the molecule is O=C(Nc1ccccc1)c1cnc(Nc2ccccc2Oc2ccccc2)cn1. The van der Waals surface area contributed by atoms with Crippen molar-refractivity contribution in [3.63, 3.8) is 0 Å². The average Bonchev–Trinajstić information content (AvgIpc) is 2.77. The molecular formula is C23H18N4O2. The summed E-state index contributed by atoms with van der Waals surface area (Å²) in [5.41, 5.74) is 1.67. The number of amides is 1. The van der Waals surface area contributed by atoms with Crippen LogP contribution in [-0.2, 0) is 0 Å². The number of para-hydroxylation sites is 4. The molecule has 0 bridgehead atoms. The minimum absolute atomic E-state index is 0.230. The van der Waals surface area contributed by atoms with Crippen molar-refractivity contribution in [2.75, 3.05) is 10.6 Å². The van der Waals surface area contributed by atoms with Gasteiger partial charge in [0.05, 0.1) is 18.1 Å². The van der Waals surface area contributed by atoms with E-state index in [0.29, 0.717) is 17.3 Å². The van der Waals surface area contributed by atoms with Crippen LogP contribution in [-0.4, -0.2) is 15.9 Å². The second-order valence-corrected chi connectivity index (χ2v) is 6.14. The van der Waals surface area contributed by atoms with Gasteiger partial charge in [0.2, 0.25) is 0 Å². The van der Waals surface area contributed by atoms with E-state index in [4.69, 9.17) is 4.74 Å². The molecule has 3 aromatic carbocycles. The van der Waals surface area contributed by atoms with Gasteiger partial charge in [-0.1, -0.05) is 48.5 Å². The summed E-state index contributed by atoms with van der Waals surface area (Å²) in [6, 6.07) is 26.3. The molecule has 0 radical (unpaired) electrons. The summed E-state index contributed by atoms with van der Waals surface area (Å²) in [4.78, 5) is 20.8. The van der Waals surface area contributed by atoms with Crippen LogP contribution >= 0.6 is 0 Å². The smallest absolute Gasteiger partial charge is 0.275 e. The Labute approximate surface area is 168 Å². The predicted molar refractivity (Wildman–Crippen MR) is 113 cm³/mol. The highest BCUT2D eigenvalue weighted by Crippen LogP contribution is 2.30. The highest BCUT2D eigenvalue weighted by Gasteiger charge is 2.10. The molecule has 0 fully saturated rings. The molecule has 4 rings (SSSR count). The fraction of sp³-hybridized carbons (Fsp3) is 0. The number of anilines is 3. The lowest BCUT2D eigenvalue weighted by atomic mass is 10.3. The van der Waals surface area contributed by atoms with E-state index in [-0.39, 0.29) is 11.6 Å². The maximum absolute atomic E-state index is 12.3. The molecule has 0 unspecified atom stereocenters. The Balaban J connectivity index is 1.46. The molecule has 0 aliphatic rings. The number of nitrogens with one attached hydrogen (secondary N) is 2. The quantitative estimate of drug-likeness (QED) is 0.475. The van der Waals surface area contributed by atoms with E-state index in [1.807, 2.05) is 84.9 Å². The van der Waals surface area contributed by atoms with Gasteiger partial charge in [-0.25, -0.2) is 9.97 Å². The third kappa shape index (κ3) is 4.75. The summed E-state index contributed by atoms with van der Waals surface area (Å²) < 4.78 is 5.94. The fourth-order valence-corrected chi connectivity index (χ4v) is 2.64. The molecule has 1 amide bonds. The van der Waals surface area contributed by atoms with Crippen molar-refractivity contribution in [1.82, 2.24) is 9.97 Å². The van der Waals surface area contributed by atoms with Gasteiger partial charge in [-0.2, -0.15) is 0 Å². The van der Waals surface area contributed by atoms with Crippen LogP contribution in [0.15, 0.2) is 97.3 Å². The molecule has 2 N–H and O–H groups in total. The molecule has 0 spiro atoms. The molecule has 0 aliphatic carbocycles. The molecule has 4 aromatic rings. The van der Waals surface area contributed by atoms with Gasteiger partial charge in [-0.05, 0) is 36.4 Å². The number of rotatable bonds is 6. The normalized spacial score (nSPS) is 10.2. The molecule has 142 valence electrons. The van der Waals surface area contributed by atoms with Gasteiger partial charge in [-0.3, -0.25) is 4.79 Å². The molecule has 6 nitrogen and oxygen atoms in total. The van der Waals surface area contributed by atoms with Crippen molar-refractivity contribution in [3.8, 4) is 11.5 Å². The molecule has 0 atom stereocenters. The number of hydrogen-bond acceptors (Lipinski definition) is 5. The molecule has 1 aromatic heterocycles. The van der Waals surface area contributed by atoms with E-state index in [0.717, 1.165) is 11.4 Å². The van der Waals surface area contributed by atoms with Gasteiger partial charge in [0, 0.05) is 5.69 Å². The van der Waals surface area contributed by atoms with Crippen molar-refractivity contribution < 1.29 is 9.53 Å². The zero-order valence-electron chi connectivity index (χ0n) is 15.4. The van der Waals surface area contributed by atoms with Crippen molar-refractivity contribution in [2.45, 2.75) is 0 Å². The van der Waals surface area contributed by atoms with Crippen LogP contribution in [0.5, 0.6) is 11.5 Å². The average molecular weight is 382 g/mol. The number of carbonyl (C=O) groups is 1. The van der Waals surface area contributed by atoms with Crippen LogP contribution in [0.25, 0.3) is 0 Å². The zero-order chi connectivity index (χ0) is 19.9. The maximum atomic E-state index is 12.3. The van der Waals surface area contributed by atoms with Crippen LogP contribution in [0.3, 0.4) is 0 Å². The summed E-state index contributed by atoms with van der Waals surface area (Å²) in [5, 5.41) is 5.96. The van der Waals surface area contributed by atoms with E-state index in [2.05, 4.69) is 20.6 Å². The Morgan fingerprint density at radius 1 is 0.759 bits per heavy atom. The second kappa shape index (κ2) is 8.67. The molecule has 0 saturated heterocycles. The minimum Gasteiger partial charge on any atom is -0.455 e. The number of hydrogen-bond donors (Lipinski definition) is 2. The third-order valence-corrected chi connectivity index (χ3v) is 4.04. The lowest BCUT2D eigenvalue weighted by molar-refractivity contribution is 0.102. The van der Waals surface area contributed by atoms with E-state index in [9.17, 15) is 4.79 Å². The third-order valence-electron chi connectivity index (χ3n) is 4.04. The van der Waals surface area contributed by atoms with E-state index < -0.39 is 0 Å². The molecule has 1 heterocycles. The largest absolute Gasteiger partial charge is 0.455 e. The van der Waals surface area contributed by atoms with Crippen LogP contribution in [0.1, 0.15) is 10.5 Å². The Hall–Kier alpha value is -4.19. The summed E-state index contributed by atoms with van der Waals surface area (Å²) in [6.45, 7) is 0. The number of ether oxygens (including phenoxy) is 1. The van der Waals surface area contributed by atoms with E-state index in [1.54, 1.807) is 0 Å². The van der Waals surface area contributed by atoms with Crippen LogP contribution < -0.4 is 15.4 Å². The Morgan fingerprint density at radius 3 is 2.17 bits per heavy atom. The van der Waals surface area contributed by atoms with Gasteiger partial charge >= 0.3 is 0 Å². The Bertz CT molecular complexity index is 1080. The first kappa shape index (κ1) is 18.2. The van der Waals surface area contributed by atoms with Gasteiger partial charge in [0.15, 0.2) is 5.75 Å². The first-order chi connectivity index (χ1) is 14.3. The number of benzene rings is 3. The second-order valence-electron chi connectivity index (χ2n) is 6.14. The van der Waals surface area contributed by atoms with Crippen LogP contribution in [0.2, 0.25) is 0 Å². The van der Waals surface area contributed by atoms with Gasteiger partial charge < -0.3 is 15.4 Å². The Morgan fingerprint density at radius 2 is 1.45 bits per heavy atom. The Kier molecular flexibility index (Phi) is 5.43. The fourth-order valence-electron chi connectivity index (χ4n) is 2.64. The predicted octanol–water partition coefficient (Wildman–Crippen LogP) is 5.26. The van der Waals surface area contributed by atoms with Gasteiger partial charge in [-0.15, -0.1) is 0 Å². The van der Waals surface area contributed by atoms with E-state index >= 15 is 0 Å². The first-order valence-electron chi connectivity index (χ1n) is 9.05. The van der Waals surface area contributed by atoms with Crippen molar-refractivity contribution in [3.05, 3.63) is 103 Å². The van der Waals surface area contributed by atoms with Crippen molar-refractivity contribution in [1.29, 1.82) is 0 Å². The molecule has 29 heavy (non-hydrogen) atoms. The lowest BCUT2D eigenvalue weighted by Gasteiger charge is -2.12. The molecular weight excluding hydrogens is 364 g/mol. The molecule has 0 saturated carbocycles. The summed E-state index contributed by atoms with van der Waals surface area (Å²) in [6.07, 6.45) is 2.94. The van der Waals surface area contributed by atoms with Gasteiger partial charge in [0.1, 0.15) is 17.3 Å². The first-order valence-corrected chi connectivity index (χ1v) is 9.05. The summed E-state index contributed by atoms with van der Waals surface area (Å²) in [5.74, 6) is 1.58. The number of nitrogens with zero attached hydrogens (tertiary/aromatic N) is 2. The monoisotopic (exact) mass is 382 g/mol. The standard InChI is InChI=1S/C23H18N4O2/c28-23(26-17-9-3-1-4-10-17)20-15-25-22(16-24-20)27-19-13-7-8-14-21(19)29-18-11-5-2-6-12-18/h1-16H,(H,25,27)(H,26,28). The zero-order valence-corrected chi connectivity index (χ0v) is 15.4. The summed E-state index contributed by atoms with van der Waals surface area (Å²) in [7, 11) is 0. The maximum Gasteiger partial charge on any atom is 0.275 e. The van der Waals surface area contributed by atoms with Crippen molar-refractivity contribution >= 4 is 23.1 Å². The van der Waals surface area contributed by atoms with Gasteiger partial charge in [0.25, 0.3) is 5.91 Å². The highest BCUT2D eigenvalue weighted by atomic mass is 16.5. The van der Waals surface area contributed by atoms with Crippen LogP contribution in [0.4, 0.5) is 17.2 Å².